The SMILES string of the molecule is CC(=O)OC1=C(CCNC(=O)c2ccccn2)CCCC1. The Labute approximate surface area is 124 Å². The average molecular weight is 288 g/mol. The number of carbonyl (C=O) groups is 2. The minimum absolute atomic E-state index is 0.180. The highest BCUT2D eigenvalue weighted by molar-refractivity contribution is 5.92. The Morgan fingerprint density at radius 2 is 2.10 bits per heavy atom. The Morgan fingerprint density at radius 1 is 1.29 bits per heavy atom. The highest BCUT2D eigenvalue weighted by Crippen LogP contribution is 2.27. The molecule has 0 fully saturated rings. The van der Waals surface area contributed by atoms with E-state index in [1.54, 1.807) is 24.4 Å². The first-order valence-corrected chi connectivity index (χ1v) is 7.25. The maximum Gasteiger partial charge on any atom is 0.307 e. The highest BCUT2D eigenvalue weighted by atomic mass is 16.5. The molecule has 0 unspecified atom stereocenters. The molecule has 2 rings (SSSR count). The largest absolute Gasteiger partial charge is 0.431 e. The fourth-order valence-electron chi connectivity index (χ4n) is 2.42. The first-order chi connectivity index (χ1) is 10.2. The molecule has 112 valence electrons. The number of carbonyl (C=O) groups excluding carboxylic acids is 2. The van der Waals surface area contributed by atoms with Crippen molar-refractivity contribution in [1.82, 2.24) is 10.3 Å². The summed E-state index contributed by atoms with van der Waals surface area (Å²) in [5.74, 6) is 0.337. The summed E-state index contributed by atoms with van der Waals surface area (Å²) in [5.41, 5.74) is 1.55. The summed E-state index contributed by atoms with van der Waals surface area (Å²) < 4.78 is 5.26. The van der Waals surface area contributed by atoms with Gasteiger partial charge < -0.3 is 10.1 Å². The average Bonchev–Trinajstić information content (AvgIpc) is 2.49. The van der Waals surface area contributed by atoms with Crippen LogP contribution in [0.5, 0.6) is 0 Å². The molecule has 21 heavy (non-hydrogen) atoms. The monoisotopic (exact) mass is 288 g/mol. The van der Waals surface area contributed by atoms with Crippen LogP contribution in [0, 0.1) is 0 Å². The van der Waals surface area contributed by atoms with Crippen molar-refractivity contribution in [3.8, 4) is 0 Å². The van der Waals surface area contributed by atoms with Crippen LogP contribution in [0.3, 0.4) is 0 Å². The van der Waals surface area contributed by atoms with Gasteiger partial charge in [-0.05, 0) is 43.4 Å². The standard InChI is InChI=1S/C16H20N2O3/c1-12(19)21-15-8-3-2-6-13(15)9-11-18-16(20)14-7-4-5-10-17-14/h4-5,7,10H,2-3,6,8-9,11H2,1H3,(H,18,20). The number of rotatable bonds is 5. The second-order valence-corrected chi connectivity index (χ2v) is 5.05. The van der Waals surface area contributed by atoms with Crippen LogP contribution >= 0.6 is 0 Å². The Morgan fingerprint density at radius 3 is 2.81 bits per heavy atom. The molecule has 1 aromatic heterocycles. The topological polar surface area (TPSA) is 68.3 Å². The summed E-state index contributed by atoms with van der Waals surface area (Å²) in [7, 11) is 0. The summed E-state index contributed by atoms with van der Waals surface area (Å²) in [5, 5.41) is 2.84. The van der Waals surface area contributed by atoms with Crippen molar-refractivity contribution in [2.75, 3.05) is 6.54 Å². The Hall–Kier alpha value is -2.17. The van der Waals surface area contributed by atoms with Crippen molar-refractivity contribution in [2.24, 2.45) is 0 Å². The second-order valence-electron chi connectivity index (χ2n) is 5.05. The lowest BCUT2D eigenvalue weighted by molar-refractivity contribution is -0.137. The Kier molecular flexibility index (Phi) is 5.49. The van der Waals surface area contributed by atoms with E-state index in [0.717, 1.165) is 37.0 Å². The van der Waals surface area contributed by atoms with Crippen molar-refractivity contribution in [1.29, 1.82) is 0 Å². The number of amides is 1. The zero-order valence-corrected chi connectivity index (χ0v) is 12.2. The Balaban J connectivity index is 1.88. The van der Waals surface area contributed by atoms with Crippen LogP contribution in [0.1, 0.15) is 49.5 Å². The molecule has 1 heterocycles. The molecule has 0 atom stereocenters. The van der Waals surface area contributed by atoms with Crippen molar-refractivity contribution < 1.29 is 14.3 Å². The molecule has 1 amide bonds. The number of nitrogens with one attached hydrogen (secondary N) is 1. The van der Waals surface area contributed by atoms with E-state index < -0.39 is 0 Å². The molecule has 0 aromatic carbocycles. The van der Waals surface area contributed by atoms with Gasteiger partial charge in [-0.25, -0.2) is 0 Å². The predicted molar refractivity (Wildman–Crippen MR) is 78.4 cm³/mol. The number of nitrogens with zero attached hydrogens (tertiary/aromatic N) is 1. The molecule has 0 bridgehead atoms. The lowest BCUT2D eigenvalue weighted by atomic mass is 9.95. The molecule has 0 aliphatic heterocycles. The molecule has 1 aromatic rings. The maximum atomic E-state index is 11.9. The molecular weight excluding hydrogens is 268 g/mol. The van der Waals surface area contributed by atoms with Crippen LogP contribution in [-0.2, 0) is 9.53 Å². The molecule has 0 saturated carbocycles. The number of pyridine rings is 1. The van der Waals surface area contributed by atoms with E-state index in [4.69, 9.17) is 4.74 Å². The van der Waals surface area contributed by atoms with E-state index in [9.17, 15) is 9.59 Å². The van der Waals surface area contributed by atoms with Crippen molar-refractivity contribution in [3.63, 3.8) is 0 Å². The molecule has 1 aliphatic rings. The summed E-state index contributed by atoms with van der Waals surface area (Å²) >= 11 is 0. The zero-order chi connectivity index (χ0) is 15.1. The third-order valence-electron chi connectivity index (χ3n) is 3.40. The van der Waals surface area contributed by atoms with Gasteiger partial charge in [-0.3, -0.25) is 14.6 Å². The van der Waals surface area contributed by atoms with E-state index in [1.807, 2.05) is 0 Å². The minimum Gasteiger partial charge on any atom is -0.431 e. The van der Waals surface area contributed by atoms with Gasteiger partial charge in [-0.1, -0.05) is 6.07 Å². The third-order valence-corrected chi connectivity index (χ3v) is 3.40. The van der Waals surface area contributed by atoms with E-state index in [1.165, 1.54) is 6.92 Å². The third kappa shape index (κ3) is 4.70. The van der Waals surface area contributed by atoms with Gasteiger partial charge in [0, 0.05) is 26.1 Å². The lowest BCUT2D eigenvalue weighted by Gasteiger charge is -2.19. The maximum absolute atomic E-state index is 11.9. The number of hydrogen-bond donors (Lipinski definition) is 1. The number of allylic oxidation sites excluding steroid dienone is 1. The van der Waals surface area contributed by atoms with E-state index in [2.05, 4.69) is 10.3 Å². The summed E-state index contributed by atoms with van der Waals surface area (Å²) in [4.78, 5) is 27.0. The van der Waals surface area contributed by atoms with Gasteiger partial charge in [0.05, 0.1) is 0 Å². The van der Waals surface area contributed by atoms with Crippen molar-refractivity contribution in [3.05, 3.63) is 41.4 Å². The van der Waals surface area contributed by atoms with E-state index >= 15 is 0 Å². The fourth-order valence-corrected chi connectivity index (χ4v) is 2.42. The van der Waals surface area contributed by atoms with Crippen LogP contribution in [0.25, 0.3) is 0 Å². The molecule has 0 spiro atoms. The lowest BCUT2D eigenvalue weighted by Crippen LogP contribution is -2.26. The van der Waals surface area contributed by atoms with Gasteiger partial charge in [0.25, 0.3) is 5.91 Å². The molecule has 5 nitrogen and oxygen atoms in total. The zero-order valence-electron chi connectivity index (χ0n) is 12.2. The molecule has 5 heteroatoms. The van der Waals surface area contributed by atoms with Crippen LogP contribution in [0.15, 0.2) is 35.7 Å². The van der Waals surface area contributed by atoms with Crippen LogP contribution in [0.2, 0.25) is 0 Å². The molecule has 1 aliphatic carbocycles. The van der Waals surface area contributed by atoms with Crippen LogP contribution < -0.4 is 5.32 Å². The van der Waals surface area contributed by atoms with Gasteiger partial charge in [-0.2, -0.15) is 0 Å². The van der Waals surface area contributed by atoms with Gasteiger partial charge in [-0.15, -0.1) is 0 Å². The second kappa shape index (κ2) is 7.57. The van der Waals surface area contributed by atoms with Gasteiger partial charge in [0.2, 0.25) is 0 Å². The van der Waals surface area contributed by atoms with Gasteiger partial charge >= 0.3 is 5.97 Å². The quantitative estimate of drug-likeness (QED) is 0.846. The van der Waals surface area contributed by atoms with E-state index in [0.29, 0.717) is 18.7 Å². The van der Waals surface area contributed by atoms with Crippen molar-refractivity contribution in [2.45, 2.75) is 39.0 Å². The number of aromatic nitrogens is 1. The minimum atomic E-state index is -0.276. The number of ether oxygens (including phenoxy) is 1. The van der Waals surface area contributed by atoms with Crippen molar-refractivity contribution >= 4 is 11.9 Å². The van der Waals surface area contributed by atoms with Gasteiger partial charge in [0.15, 0.2) is 0 Å². The first kappa shape index (κ1) is 15.2. The number of hydrogen-bond acceptors (Lipinski definition) is 4. The molecule has 0 radical (unpaired) electrons. The molecular formula is C16H20N2O3. The summed E-state index contributed by atoms with van der Waals surface area (Å²) in [6.45, 7) is 1.94. The number of esters is 1. The van der Waals surface area contributed by atoms with E-state index in [-0.39, 0.29) is 11.9 Å². The summed E-state index contributed by atoms with van der Waals surface area (Å²) in [6, 6.07) is 5.23. The van der Waals surface area contributed by atoms with Crippen LogP contribution in [0.4, 0.5) is 0 Å². The molecule has 1 N–H and O–H groups in total. The normalized spacial score (nSPS) is 14.7. The fraction of sp³-hybridized carbons (Fsp3) is 0.438. The smallest absolute Gasteiger partial charge is 0.307 e. The first-order valence-electron chi connectivity index (χ1n) is 7.25. The van der Waals surface area contributed by atoms with Crippen LogP contribution in [-0.4, -0.2) is 23.4 Å². The summed E-state index contributed by atoms with van der Waals surface area (Å²) in [6.07, 6.45) is 6.20. The van der Waals surface area contributed by atoms with Gasteiger partial charge in [0.1, 0.15) is 11.5 Å². The highest BCUT2D eigenvalue weighted by Gasteiger charge is 2.16. The molecule has 0 saturated heterocycles. The predicted octanol–water partition coefficient (Wildman–Crippen LogP) is 2.59. The Bertz CT molecular complexity index is 538.